The number of amides is 1. The molecule has 9 nitrogen and oxygen atoms in total. The number of para-hydroxylation sites is 1. The molecule has 0 aliphatic rings. The van der Waals surface area contributed by atoms with Crippen molar-refractivity contribution in [3.63, 3.8) is 0 Å². The van der Waals surface area contributed by atoms with Gasteiger partial charge in [-0.2, -0.15) is 0 Å². The van der Waals surface area contributed by atoms with Crippen molar-refractivity contribution in [2.24, 2.45) is 0 Å². The lowest BCUT2D eigenvalue weighted by Gasteiger charge is -2.25. The molecular weight excluding hydrogens is 400 g/mol. The molecule has 0 aliphatic heterocycles. The first-order chi connectivity index (χ1) is 13.6. The van der Waals surface area contributed by atoms with Crippen molar-refractivity contribution in [1.82, 2.24) is 0 Å². The normalized spacial score (nSPS) is 10.9. The minimum atomic E-state index is -4.19. The van der Waals surface area contributed by atoms with E-state index in [0.717, 1.165) is 4.31 Å². The number of rotatable bonds is 9. The Balaban J connectivity index is 2.48. The Morgan fingerprint density at radius 3 is 2.17 bits per heavy atom. The van der Waals surface area contributed by atoms with E-state index >= 15 is 0 Å². The van der Waals surface area contributed by atoms with E-state index < -0.39 is 22.0 Å². The summed E-state index contributed by atoms with van der Waals surface area (Å²) in [5.74, 6) is -2.71. The van der Waals surface area contributed by atoms with Crippen LogP contribution in [0.5, 0.6) is 0 Å². The summed E-state index contributed by atoms with van der Waals surface area (Å²) in [6, 6.07) is 11.0. The Kier molecular flexibility index (Phi) is 6.94. The van der Waals surface area contributed by atoms with Gasteiger partial charge in [0.05, 0.1) is 16.1 Å². The number of aliphatic carboxylic acids is 1. The van der Waals surface area contributed by atoms with Crippen molar-refractivity contribution < 1.29 is 33.0 Å². The number of carbonyl (C=O) groups is 3. The smallest absolute Gasteiger partial charge is 0.337 e. The molecule has 2 aromatic rings. The summed E-state index contributed by atoms with van der Waals surface area (Å²) >= 11 is 0. The number of aromatic carboxylic acids is 1. The molecule has 3 N–H and O–H groups in total. The number of nitrogens with zero attached hydrogens (tertiary/aromatic N) is 1. The average Bonchev–Trinajstić information content (AvgIpc) is 2.65. The number of sulfonamides is 1. The molecule has 0 heterocycles. The van der Waals surface area contributed by atoms with Crippen LogP contribution >= 0.6 is 0 Å². The third-order valence-electron chi connectivity index (χ3n) is 3.92. The highest BCUT2D eigenvalue weighted by molar-refractivity contribution is 7.92. The zero-order valence-electron chi connectivity index (χ0n) is 15.5. The Morgan fingerprint density at radius 1 is 1.00 bits per heavy atom. The first-order valence-electron chi connectivity index (χ1n) is 8.57. The standard InChI is InChI=1S/C19H20N2O7S/c1-13(22)20-14-8-10-15(11-9-14)29(27,28)21(12-4-7-18(23)24)17-6-3-2-5-16(17)19(25)26/h2-3,5-6,8-11H,4,7,12H2,1H3,(H,20,22)(H,23,24)(H,25,26). The maximum atomic E-state index is 13.2. The van der Waals surface area contributed by atoms with E-state index in [4.69, 9.17) is 5.11 Å². The molecule has 2 rings (SSSR count). The molecule has 0 aromatic heterocycles. The summed E-state index contributed by atoms with van der Waals surface area (Å²) in [4.78, 5) is 33.4. The van der Waals surface area contributed by atoms with Gasteiger partial charge in [-0.25, -0.2) is 13.2 Å². The van der Waals surface area contributed by atoms with Crippen molar-refractivity contribution in [2.75, 3.05) is 16.2 Å². The number of nitrogens with one attached hydrogen (secondary N) is 1. The zero-order valence-corrected chi connectivity index (χ0v) is 16.3. The highest BCUT2D eigenvalue weighted by Crippen LogP contribution is 2.28. The third kappa shape index (κ3) is 5.55. The van der Waals surface area contributed by atoms with Crippen molar-refractivity contribution in [3.8, 4) is 0 Å². The lowest BCUT2D eigenvalue weighted by atomic mass is 10.1. The Bertz CT molecular complexity index is 1020. The first kappa shape index (κ1) is 21.9. The van der Waals surface area contributed by atoms with Gasteiger partial charge in [0.1, 0.15) is 0 Å². The number of carbonyl (C=O) groups excluding carboxylic acids is 1. The van der Waals surface area contributed by atoms with E-state index in [1.54, 1.807) is 0 Å². The molecule has 0 bridgehead atoms. The summed E-state index contributed by atoms with van der Waals surface area (Å²) in [5.41, 5.74) is 0.123. The van der Waals surface area contributed by atoms with Crippen molar-refractivity contribution in [1.29, 1.82) is 0 Å². The Hall–Kier alpha value is -3.40. The van der Waals surface area contributed by atoms with Crippen molar-refractivity contribution >= 4 is 39.2 Å². The fourth-order valence-corrected chi connectivity index (χ4v) is 4.18. The van der Waals surface area contributed by atoms with Gasteiger partial charge in [-0.1, -0.05) is 12.1 Å². The molecule has 0 fully saturated rings. The lowest BCUT2D eigenvalue weighted by molar-refractivity contribution is -0.137. The van der Waals surface area contributed by atoms with E-state index in [9.17, 15) is 27.9 Å². The van der Waals surface area contributed by atoms with Crippen LogP contribution in [0.4, 0.5) is 11.4 Å². The predicted octanol–water partition coefficient (Wildman–Crippen LogP) is 2.40. The number of benzene rings is 2. The quantitative estimate of drug-likeness (QED) is 0.565. The van der Waals surface area contributed by atoms with Gasteiger partial charge in [0.15, 0.2) is 0 Å². The fraction of sp³-hybridized carbons (Fsp3) is 0.211. The monoisotopic (exact) mass is 420 g/mol. The van der Waals surface area contributed by atoms with Gasteiger partial charge in [0.25, 0.3) is 10.0 Å². The summed E-state index contributed by atoms with van der Waals surface area (Å²) in [6.07, 6.45) is -0.283. The number of hydrogen-bond donors (Lipinski definition) is 3. The van der Waals surface area contributed by atoms with Crippen LogP contribution in [0.25, 0.3) is 0 Å². The molecule has 0 aliphatic carbocycles. The van der Waals surface area contributed by atoms with E-state index in [0.29, 0.717) is 5.69 Å². The van der Waals surface area contributed by atoms with E-state index in [-0.39, 0.29) is 41.4 Å². The van der Waals surface area contributed by atoms with Crippen LogP contribution in [-0.4, -0.2) is 43.0 Å². The molecule has 0 saturated carbocycles. The van der Waals surface area contributed by atoms with Crippen LogP contribution in [0.15, 0.2) is 53.4 Å². The SMILES string of the molecule is CC(=O)Nc1ccc(S(=O)(=O)N(CCCC(=O)O)c2ccccc2C(=O)O)cc1. The van der Waals surface area contributed by atoms with Crippen LogP contribution in [0, 0.1) is 0 Å². The predicted molar refractivity (Wildman–Crippen MR) is 106 cm³/mol. The number of carboxylic acids is 2. The highest BCUT2D eigenvalue weighted by Gasteiger charge is 2.28. The third-order valence-corrected chi connectivity index (χ3v) is 5.75. The fourth-order valence-electron chi connectivity index (χ4n) is 2.66. The van der Waals surface area contributed by atoms with Gasteiger partial charge >= 0.3 is 11.9 Å². The molecule has 10 heteroatoms. The van der Waals surface area contributed by atoms with Crippen LogP contribution in [-0.2, 0) is 19.6 Å². The summed E-state index contributed by atoms with van der Waals surface area (Å²) in [7, 11) is -4.19. The minimum Gasteiger partial charge on any atom is -0.481 e. The lowest BCUT2D eigenvalue weighted by Crippen LogP contribution is -2.33. The van der Waals surface area contributed by atoms with Gasteiger partial charge in [-0.3, -0.25) is 13.9 Å². The molecular formula is C19H20N2O7S. The maximum Gasteiger partial charge on any atom is 0.337 e. The van der Waals surface area contributed by atoms with Crippen molar-refractivity contribution in [2.45, 2.75) is 24.7 Å². The second kappa shape index (κ2) is 9.20. The van der Waals surface area contributed by atoms with Crippen LogP contribution in [0.3, 0.4) is 0 Å². The number of carboxylic acid groups (broad SMARTS) is 2. The second-order valence-electron chi connectivity index (χ2n) is 6.10. The first-order valence-corrected chi connectivity index (χ1v) is 10.0. The van der Waals surface area contributed by atoms with E-state index in [1.807, 2.05) is 0 Å². The molecule has 0 saturated heterocycles. The van der Waals surface area contributed by atoms with Gasteiger partial charge in [0.2, 0.25) is 5.91 Å². The largest absolute Gasteiger partial charge is 0.481 e. The van der Waals surface area contributed by atoms with Crippen molar-refractivity contribution in [3.05, 3.63) is 54.1 Å². The van der Waals surface area contributed by atoms with E-state index in [2.05, 4.69) is 5.32 Å². The molecule has 0 atom stereocenters. The van der Waals surface area contributed by atoms with E-state index in [1.165, 1.54) is 55.5 Å². The van der Waals surface area contributed by atoms with Crippen LogP contribution < -0.4 is 9.62 Å². The van der Waals surface area contributed by atoms with Gasteiger partial charge in [-0.05, 0) is 42.8 Å². The molecule has 1 amide bonds. The highest BCUT2D eigenvalue weighted by atomic mass is 32.2. The molecule has 0 spiro atoms. The van der Waals surface area contributed by atoms with Gasteiger partial charge in [0, 0.05) is 25.6 Å². The van der Waals surface area contributed by atoms with Gasteiger partial charge in [-0.15, -0.1) is 0 Å². The minimum absolute atomic E-state index is 0.00745. The molecule has 2 aromatic carbocycles. The Labute approximate surface area is 167 Å². The summed E-state index contributed by atoms with van der Waals surface area (Å²) in [5, 5.41) is 20.8. The second-order valence-corrected chi connectivity index (χ2v) is 7.96. The topological polar surface area (TPSA) is 141 Å². The van der Waals surface area contributed by atoms with Gasteiger partial charge < -0.3 is 15.5 Å². The molecule has 29 heavy (non-hydrogen) atoms. The number of anilines is 2. The summed E-state index contributed by atoms with van der Waals surface area (Å²) in [6.45, 7) is 1.10. The zero-order chi connectivity index (χ0) is 21.6. The number of hydrogen-bond acceptors (Lipinski definition) is 5. The Morgan fingerprint density at radius 2 is 1.62 bits per heavy atom. The van der Waals surface area contributed by atoms with Crippen LogP contribution in [0.1, 0.15) is 30.1 Å². The maximum absolute atomic E-state index is 13.2. The summed E-state index contributed by atoms with van der Waals surface area (Å²) < 4.78 is 27.3. The molecule has 0 unspecified atom stereocenters. The molecule has 154 valence electrons. The average molecular weight is 420 g/mol. The van der Waals surface area contributed by atoms with Crippen LogP contribution in [0.2, 0.25) is 0 Å². The molecule has 0 radical (unpaired) electrons.